The first kappa shape index (κ1) is 12.4. The Morgan fingerprint density at radius 1 is 1.11 bits per heavy atom. The van der Waals surface area contributed by atoms with E-state index in [1.165, 1.54) is 0 Å². The maximum absolute atomic E-state index is 5.48. The zero-order valence-electron chi connectivity index (χ0n) is 10.5. The van der Waals surface area contributed by atoms with Crippen molar-refractivity contribution in [3.05, 3.63) is 36.5 Å². The van der Waals surface area contributed by atoms with Crippen molar-refractivity contribution in [2.75, 3.05) is 25.0 Å². The van der Waals surface area contributed by atoms with Crippen LogP contribution in [0.15, 0.2) is 36.5 Å². The Morgan fingerprint density at radius 3 is 2.61 bits per heavy atom. The molecular formula is C13H17N5. The molecule has 0 radical (unpaired) electrons. The summed E-state index contributed by atoms with van der Waals surface area (Å²) >= 11 is 0. The molecule has 0 saturated carbocycles. The third-order valence-corrected chi connectivity index (χ3v) is 2.67. The predicted molar refractivity (Wildman–Crippen MR) is 72.2 cm³/mol. The molecule has 2 aromatic heterocycles. The molecule has 5 heteroatoms. The van der Waals surface area contributed by atoms with E-state index in [0.717, 1.165) is 30.2 Å². The fraction of sp³-hybridized carbons (Fsp3) is 0.308. The van der Waals surface area contributed by atoms with Crippen molar-refractivity contribution < 1.29 is 0 Å². The normalized spacial score (nSPS) is 10.3. The second-order valence-corrected chi connectivity index (χ2v) is 4.06. The summed E-state index contributed by atoms with van der Waals surface area (Å²) in [6.45, 7) is 1.57. The Labute approximate surface area is 107 Å². The number of anilines is 1. The first-order valence-electron chi connectivity index (χ1n) is 5.97. The summed E-state index contributed by atoms with van der Waals surface area (Å²) in [6, 6.07) is 9.62. The lowest BCUT2D eigenvalue weighted by Gasteiger charge is -2.16. The van der Waals surface area contributed by atoms with Crippen LogP contribution in [0, 0.1) is 0 Å². The van der Waals surface area contributed by atoms with Crippen LogP contribution < -0.4 is 10.6 Å². The van der Waals surface area contributed by atoms with Gasteiger partial charge in [0, 0.05) is 19.8 Å². The van der Waals surface area contributed by atoms with Crippen LogP contribution in [-0.4, -0.2) is 35.3 Å². The highest BCUT2D eigenvalue weighted by molar-refractivity contribution is 5.54. The number of hydrogen-bond donors (Lipinski definition) is 1. The zero-order valence-corrected chi connectivity index (χ0v) is 10.5. The maximum Gasteiger partial charge on any atom is 0.151 e. The topological polar surface area (TPSA) is 67.9 Å². The molecule has 0 bridgehead atoms. The van der Waals surface area contributed by atoms with Gasteiger partial charge in [-0.1, -0.05) is 6.07 Å². The quantitative estimate of drug-likeness (QED) is 0.858. The summed E-state index contributed by atoms with van der Waals surface area (Å²) < 4.78 is 0. The fourth-order valence-electron chi connectivity index (χ4n) is 1.62. The number of hydrogen-bond acceptors (Lipinski definition) is 5. The van der Waals surface area contributed by atoms with Crippen molar-refractivity contribution in [3.8, 4) is 11.4 Å². The molecule has 0 fully saturated rings. The second-order valence-electron chi connectivity index (χ2n) is 4.06. The van der Waals surface area contributed by atoms with Crippen LogP contribution in [-0.2, 0) is 0 Å². The minimum atomic E-state index is 0.684. The Morgan fingerprint density at radius 2 is 2.00 bits per heavy atom. The van der Waals surface area contributed by atoms with Crippen LogP contribution in [0.4, 0.5) is 5.82 Å². The van der Waals surface area contributed by atoms with Gasteiger partial charge in [0.05, 0.1) is 5.69 Å². The van der Waals surface area contributed by atoms with Gasteiger partial charge in [0.2, 0.25) is 0 Å². The molecule has 2 rings (SSSR count). The van der Waals surface area contributed by atoms with Gasteiger partial charge in [-0.25, -0.2) is 0 Å². The van der Waals surface area contributed by atoms with Crippen LogP contribution in [0.2, 0.25) is 0 Å². The molecule has 0 aliphatic rings. The van der Waals surface area contributed by atoms with Crippen molar-refractivity contribution in [2.45, 2.75) is 6.42 Å². The molecule has 0 spiro atoms. The van der Waals surface area contributed by atoms with Gasteiger partial charge in [0.25, 0.3) is 0 Å². The highest BCUT2D eigenvalue weighted by atomic mass is 15.2. The summed E-state index contributed by atoms with van der Waals surface area (Å²) in [6.07, 6.45) is 2.69. The summed E-state index contributed by atoms with van der Waals surface area (Å²) in [4.78, 5) is 6.28. The molecule has 18 heavy (non-hydrogen) atoms. The van der Waals surface area contributed by atoms with Crippen LogP contribution in [0.25, 0.3) is 11.4 Å². The van der Waals surface area contributed by atoms with Crippen LogP contribution in [0.3, 0.4) is 0 Å². The third kappa shape index (κ3) is 3.01. The van der Waals surface area contributed by atoms with E-state index >= 15 is 0 Å². The molecule has 0 atom stereocenters. The number of nitrogens with two attached hydrogens (primary N) is 1. The zero-order chi connectivity index (χ0) is 12.8. The maximum atomic E-state index is 5.48. The van der Waals surface area contributed by atoms with E-state index in [4.69, 9.17) is 5.73 Å². The van der Waals surface area contributed by atoms with Crippen LogP contribution >= 0.6 is 0 Å². The molecule has 2 heterocycles. The molecule has 2 aromatic rings. The largest absolute Gasteiger partial charge is 0.358 e. The average Bonchev–Trinajstić information content (AvgIpc) is 2.46. The van der Waals surface area contributed by atoms with E-state index in [2.05, 4.69) is 15.2 Å². The Hall–Kier alpha value is -2.01. The Bertz CT molecular complexity index is 469. The van der Waals surface area contributed by atoms with Gasteiger partial charge < -0.3 is 10.6 Å². The lowest BCUT2D eigenvalue weighted by molar-refractivity contribution is 0.778. The van der Waals surface area contributed by atoms with Gasteiger partial charge in [-0.3, -0.25) is 4.98 Å². The van der Waals surface area contributed by atoms with Crippen molar-refractivity contribution in [3.63, 3.8) is 0 Å². The molecular weight excluding hydrogens is 226 g/mol. The molecule has 0 aromatic carbocycles. The van der Waals surface area contributed by atoms with Crippen molar-refractivity contribution in [1.29, 1.82) is 0 Å². The van der Waals surface area contributed by atoms with Crippen molar-refractivity contribution in [1.82, 2.24) is 15.2 Å². The Balaban J connectivity index is 2.10. The molecule has 0 aliphatic carbocycles. The molecule has 0 saturated heterocycles. The van der Waals surface area contributed by atoms with E-state index in [-0.39, 0.29) is 0 Å². The van der Waals surface area contributed by atoms with Gasteiger partial charge in [0.15, 0.2) is 5.82 Å². The second kappa shape index (κ2) is 6.07. The van der Waals surface area contributed by atoms with Crippen LogP contribution in [0.5, 0.6) is 0 Å². The van der Waals surface area contributed by atoms with Gasteiger partial charge >= 0.3 is 0 Å². The number of pyridine rings is 1. The average molecular weight is 243 g/mol. The predicted octanol–water partition coefficient (Wildman–Crippen LogP) is 1.32. The van der Waals surface area contributed by atoms with Crippen molar-refractivity contribution >= 4 is 5.82 Å². The molecule has 5 nitrogen and oxygen atoms in total. The molecule has 0 amide bonds. The molecule has 0 aliphatic heterocycles. The smallest absolute Gasteiger partial charge is 0.151 e. The SMILES string of the molecule is CN(CCCN)c1ccc(-c2ccccn2)nn1. The van der Waals surface area contributed by atoms with E-state index in [0.29, 0.717) is 6.54 Å². The molecule has 2 N–H and O–H groups in total. The van der Waals surface area contributed by atoms with Gasteiger partial charge in [-0.15, -0.1) is 10.2 Å². The van der Waals surface area contributed by atoms with Gasteiger partial charge in [0.1, 0.15) is 5.69 Å². The van der Waals surface area contributed by atoms with Gasteiger partial charge in [-0.05, 0) is 37.2 Å². The summed E-state index contributed by atoms with van der Waals surface area (Å²) in [5.74, 6) is 0.850. The third-order valence-electron chi connectivity index (χ3n) is 2.67. The summed E-state index contributed by atoms with van der Waals surface area (Å²) in [7, 11) is 1.99. The fourth-order valence-corrected chi connectivity index (χ4v) is 1.62. The Kier molecular flexibility index (Phi) is 4.20. The monoisotopic (exact) mass is 243 g/mol. The minimum Gasteiger partial charge on any atom is -0.358 e. The standard InChI is InChI=1S/C13H17N5/c1-18(10-4-8-14)13-7-6-12(16-17-13)11-5-2-3-9-15-11/h2-3,5-7,9H,4,8,10,14H2,1H3. The van der Waals surface area contributed by atoms with Crippen LogP contribution in [0.1, 0.15) is 6.42 Å². The highest BCUT2D eigenvalue weighted by Crippen LogP contribution is 2.15. The number of aromatic nitrogens is 3. The summed E-state index contributed by atoms with van der Waals surface area (Å²) in [5, 5.41) is 8.40. The van der Waals surface area contributed by atoms with E-state index in [9.17, 15) is 0 Å². The minimum absolute atomic E-state index is 0.684. The first-order chi connectivity index (χ1) is 8.81. The lowest BCUT2D eigenvalue weighted by atomic mass is 10.2. The van der Waals surface area contributed by atoms with E-state index in [1.807, 2.05) is 42.3 Å². The first-order valence-corrected chi connectivity index (χ1v) is 5.97. The molecule has 0 unspecified atom stereocenters. The molecule has 94 valence electrons. The summed E-state index contributed by atoms with van der Waals surface area (Å²) in [5.41, 5.74) is 7.10. The lowest BCUT2D eigenvalue weighted by Crippen LogP contribution is -2.22. The van der Waals surface area contributed by atoms with Crippen molar-refractivity contribution in [2.24, 2.45) is 5.73 Å². The van der Waals surface area contributed by atoms with Gasteiger partial charge in [-0.2, -0.15) is 0 Å². The highest BCUT2D eigenvalue weighted by Gasteiger charge is 2.04. The number of nitrogens with zero attached hydrogens (tertiary/aromatic N) is 4. The van der Waals surface area contributed by atoms with E-state index in [1.54, 1.807) is 6.20 Å². The van der Waals surface area contributed by atoms with E-state index < -0.39 is 0 Å². The number of rotatable bonds is 5.